The van der Waals surface area contributed by atoms with Gasteiger partial charge in [0.2, 0.25) is 0 Å². The highest BCUT2D eigenvalue weighted by Gasteiger charge is 2.34. The van der Waals surface area contributed by atoms with Crippen LogP contribution in [0.3, 0.4) is 0 Å². The summed E-state index contributed by atoms with van der Waals surface area (Å²) in [4.78, 5) is 16.9. The third-order valence-corrected chi connectivity index (χ3v) is 4.70. The first-order valence-electron chi connectivity index (χ1n) is 7.91. The molecule has 2 aromatic heterocycles. The lowest BCUT2D eigenvalue weighted by Crippen LogP contribution is -2.31. The zero-order valence-electron chi connectivity index (χ0n) is 13.9. The van der Waals surface area contributed by atoms with E-state index in [4.69, 9.17) is 4.74 Å². The fraction of sp³-hybridized carbons (Fsp3) is 0.200. The molecule has 4 aromatic rings. The van der Waals surface area contributed by atoms with Crippen molar-refractivity contribution in [3.63, 3.8) is 0 Å². The van der Waals surface area contributed by atoms with E-state index in [1.165, 1.54) is 7.11 Å². The standard InChI is InChI=1S/C20H18N2O2/c1-20(2,19(23)24-3)17-12-21-18-15-10-5-4-8-13(15)14-9-6-7-11-16(14)22(17)18/h4-12H,1-3H3. The van der Waals surface area contributed by atoms with Gasteiger partial charge in [-0.3, -0.25) is 9.20 Å². The molecule has 0 aliphatic carbocycles. The monoisotopic (exact) mass is 318 g/mol. The van der Waals surface area contributed by atoms with Gasteiger partial charge in [-0.05, 0) is 25.3 Å². The van der Waals surface area contributed by atoms with E-state index in [-0.39, 0.29) is 5.97 Å². The Morgan fingerprint density at radius 1 is 1.00 bits per heavy atom. The summed E-state index contributed by atoms with van der Waals surface area (Å²) in [6.07, 6.45) is 1.78. The van der Waals surface area contributed by atoms with Crippen molar-refractivity contribution in [2.75, 3.05) is 7.11 Å². The Morgan fingerprint density at radius 2 is 1.62 bits per heavy atom. The molecule has 0 aliphatic rings. The molecule has 2 aromatic carbocycles. The predicted octanol–water partition coefficient (Wildman–Crippen LogP) is 4.09. The lowest BCUT2D eigenvalue weighted by Gasteiger charge is -2.22. The molecule has 24 heavy (non-hydrogen) atoms. The molecule has 2 heterocycles. The molecule has 0 bridgehead atoms. The van der Waals surface area contributed by atoms with Crippen LogP contribution in [0.2, 0.25) is 0 Å². The van der Waals surface area contributed by atoms with Gasteiger partial charge in [-0.15, -0.1) is 0 Å². The van der Waals surface area contributed by atoms with Gasteiger partial charge >= 0.3 is 5.97 Å². The van der Waals surface area contributed by atoms with Crippen molar-refractivity contribution in [1.29, 1.82) is 0 Å². The van der Waals surface area contributed by atoms with Crippen LogP contribution in [0.1, 0.15) is 19.5 Å². The normalized spacial score (nSPS) is 12.1. The minimum absolute atomic E-state index is 0.276. The molecule has 0 saturated heterocycles. The summed E-state index contributed by atoms with van der Waals surface area (Å²) in [6.45, 7) is 3.73. The Balaban J connectivity index is 2.23. The van der Waals surface area contributed by atoms with Crippen LogP contribution in [-0.4, -0.2) is 22.5 Å². The summed E-state index contributed by atoms with van der Waals surface area (Å²) in [5.74, 6) is -0.276. The van der Waals surface area contributed by atoms with Crippen molar-refractivity contribution in [3.8, 4) is 0 Å². The summed E-state index contributed by atoms with van der Waals surface area (Å²) in [5, 5.41) is 3.37. The number of pyridine rings is 1. The number of carbonyl (C=O) groups is 1. The first-order chi connectivity index (χ1) is 11.6. The van der Waals surface area contributed by atoms with Crippen LogP contribution >= 0.6 is 0 Å². The molecule has 120 valence electrons. The maximum atomic E-state index is 12.3. The number of esters is 1. The summed E-state index contributed by atoms with van der Waals surface area (Å²) in [7, 11) is 1.42. The van der Waals surface area contributed by atoms with Crippen LogP contribution in [0, 0.1) is 0 Å². The minimum atomic E-state index is -0.792. The number of aromatic nitrogens is 2. The first-order valence-corrected chi connectivity index (χ1v) is 7.91. The molecular weight excluding hydrogens is 300 g/mol. The molecule has 0 unspecified atom stereocenters. The number of rotatable bonds is 2. The number of fused-ring (bicyclic) bond motifs is 6. The van der Waals surface area contributed by atoms with Gasteiger partial charge in [-0.1, -0.05) is 42.5 Å². The molecule has 0 spiro atoms. The zero-order valence-corrected chi connectivity index (χ0v) is 13.9. The van der Waals surface area contributed by atoms with Gasteiger partial charge in [0.05, 0.1) is 24.5 Å². The maximum absolute atomic E-state index is 12.3. The van der Waals surface area contributed by atoms with Crippen LogP contribution in [0.4, 0.5) is 0 Å². The van der Waals surface area contributed by atoms with Gasteiger partial charge < -0.3 is 4.74 Å². The third kappa shape index (κ3) is 1.86. The van der Waals surface area contributed by atoms with Gasteiger partial charge in [0.25, 0.3) is 0 Å². The number of benzene rings is 2. The number of ether oxygens (including phenoxy) is 1. The van der Waals surface area contributed by atoms with Crippen molar-refractivity contribution in [2.24, 2.45) is 0 Å². The molecule has 0 amide bonds. The number of imidazole rings is 1. The highest BCUT2D eigenvalue weighted by molar-refractivity contribution is 6.11. The number of carbonyl (C=O) groups excluding carboxylic acids is 1. The molecule has 0 saturated carbocycles. The highest BCUT2D eigenvalue weighted by Crippen LogP contribution is 2.33. The lowest BCUT2D eigenvalue weighted by molar-refractivity contribution is -0.146. The Labute approximate surface area is 139 Å². The van der Waals surface area contributed by atoms with Gasteiger partial charge in [0.1, 0.15) is 11.1 Å². The summed E-state index contributed by atoms with van der Waals surface area (Å²) >= 11 is 0. The first kappa shape index (κ1) is 14.7. The number of hydrogen-bond acceptors (Lipinski definition) is 3. The van der Waals surface area contributed by atoms with Crippen molar-refractivity contribution in [3.05, 3.63) is 60.4 Å². The van der Waals surface area contributed by atoms with E-state index in [9.17, 15) is 4.79 Å². The fourth-order valence-electron chi connectivity index (χ4n) is 3.40. The largest absolute Gasteiger partial charge is 0.468 e. The van der Waals surface area contributed by atoms with Crippen molar-refractivity contribution in [2.45, 2.75) is 19.3 Å². The molecule has 0 fully saturated rings. The molecule has 0 N–H and O–H groups in total. The molecular formula is C20H18N2O2. The maximum Gasteiger partial charge on any atom is 0.317 e. The third-order valence-electron chi connectivity index (χ3n) is 4.70. The minimum Gasteiger partial charge on any atom is -0.468 e. The zero-order chi connectivity index (χ0) is 16.9. The number of methoxy groups -OCH3 is 1. The predicted molar refractivity (Wildman–Crippen MR) is 95.2 cm³/mol. The van der Waals surface area contributed by atoms with Crippen LogP contribution in [0.25, 0.3) is 27.3 Å². The second kappa shape index (κ2) is 5.06. The highest BCUT2D eigenvalue weighted by atomic mass is 16.5. The summed E-state index contributed by atoms with van der Waals surface area (Å²) in [6, 6.07) is 16.4. The van der Waals surface area contributed by atoms with E-state index in [2.05, 4.69) is 33.7 Å². The summed E-state index contributed by atoms with van der Waals surface area (Å²) < 4.78 is 7.09. The second-order valence-corrected chi connectivity index (χ2v) is 6.48. The molecule has 4 nitrogen and oxygen atoms in total. The Morgan fingerprint density at radius 3 is 2.33 bits per heavy atom. The fourth-order valence-corrected chi connectivity index (χ4v) is 3.40. The van der Waals surface area contributed by atoms with Gasteiger partial charge in [-0.2, -0.15) is 0 Å². The molecule has 0 aliphatic heterocycles. The SMILES string of the molecule is COC(=O)C(C)(C)c1cnc2c3ccccc3c3ccccc3n12. The van der Waals surface area contributed by atoms with E-state index < -0.39 is 5.41 Å². The Hall–Kier alpha value is -2.88. The topological polar surface area (TPSA) is 43.6 Å². The van der Waals surface area contributed by atoms with E-state index in [0.717, 1.165) is 33.0 Å². The number of para-hydroxylation sites is 1. The van der Waals surface area contributed by atoms with Gasteiger partial charge in [0.15, 0.2) is 0 Å². The molecule has 0 atom stereocenters. The lowest BCUT2D eigenvalue weighted by atomic mass is 9.89. The van der Waals surface area contributed by atoms with Crippen LogP contribution in [0.5, 0.6) is 0 Å². The Bertz CT molecular complexity index is 1090. The second-order valence-electron chi connectivity index (χ2n) is 6.48. The van der Waals surface area contributed by atoms with E-state index in [1.807, 2.05) is 38.1 Å². The quantitative estimate of drug-likeness (QED) is 0.413. The van der Waals surface area contributed by atoms with Crippen molar-refractivity contribution in [1.82, 2.24) is 9.38 Å². The molecule has 4 rings (SSSR count). The van der Waals surface area contributed by atoms with Gasteiger partial charge in [0, 0.05) is 10.8 Å². The molecule has 0 radical (unpaired) electrons. The number of nitrogens with zero attached hydrogens (tertiary/aromatic N) is 2. The molecule has 4 heteroatoms. The van der Waals surface area contributed by atoms with Crippen LogP contribution in [-0.2, 0) is 14.9 Å². The van der Waals surface area contributed by atoms with Crippen molar-refractivity contribution < 1.29 is 9.53 Å². The van der Waals surface area contributed by atoms with E-state index in [0.29, 0.717) is 0 Å². The smallest absolute Gasteiger partial charge is 0.317 e. The van der Waals surface area contributed by atoms with E-state index in [1.54, 1.807) is 6.20 Å². The van der Waals surface area contributed by atoms with Crippen molar-refractivity contribution >= 4 is 33.3 Å². The van der Waals surface area contributed by atoms with Gasteiger partial charge in [-0.25, -0.2) is 4.98 Å². The average molecular weight is 318 g/mol. The van der Waals surface area contributed by atoms with Crippen LogP contribution < -0.4 is 0 Å². The number of hydrogen-bond donors (Lipinski definition) is 0. The average Bonchev–Trinajstić information content (AvgIpc) is 3.07. The van der Waals surface area contributed by atoms with Crippen LogP contribution in [0.15, 0.2) is 54.7 Å². The Kier molecular flexibility index (Phi) is 3.10. The summed E-state index contributed by atoms with van der Waals surface area (Å²) in [5.41, 5.74) is 1.93. The van der Waals surface area contributed by atoms with E-state index >= 15 is 0 Å².